The minimum atomic E-state index is -0.714. The molecule has 0 radical (unpaired) electrons. The molecule has 6 heteroatoms. The van der Waals surface area contributed by atoms with Crippen LogP contribution in [-0.4, -0.2) is 36.8 Å². The largest absolute Gasteiger partial charge is 0.463 e. The fraction of sp³-hybridized carbons (Fsp3) is 0.278. The van der Waals surface area contributed by atoms with E-state index in [1.165, 1.54) is 0 Å². The van der Waals surface area contributed by atoms with Crippen LogP contribution in [0.4, 0.5) is 0 Å². The van der Waals surface area contributed by atoms with E-state index in [1.54, 1.807) is 13.0 Å². The number of rotatable bonds is 5. The van der Waals surface area contributed by atoms with E-state index in [-0.39, 0.29) is 12.5 Å². The third-order valence-corrected chi connectivity index (χ3v) is 3.77. The number of oxime groups is 1. The maximum absolute atomic E-state index is 12.4. The van der Waals surface area contributed by atoms with E-state index in [1.807, 2.05) is 36.4 Å². The van der Waals surface area contributed by atoms with E-state index in [4.69, 9.17) is 9.57 Å². The third-order valence-electron chi connectivity index (χ3n) is 3.77. The Kier molecular flexibility index (Phi) is 4.74. The number of carbonyl (C=O) groups is 2. The first-order valence-electron chi connectivity index (χ1n) is 7.83. The molecule has 3 rings (SSSR count). The van der Waals surface area contributed by atoms with Crippen molar-refractivity contribution in [3.8, 4) is 0 Å². The fourth-order valence-electron chi connectivity index (χ4n) is 2.59. The lowest BCUT2D eigenvalue weighted by Crippen LogP contribution is -2.31. The van der Waals surface area contributed by atoms with Crippen LogP contribution in [0.25, 0.3) is 10.8 Å². The first kappa shape index (κ1) is 16.0. The van der Waals surface area contributed by atoms with Crippen LogP contribution >= 0.6 is 0 Å². The predicted molar refractivity (Wildman–Crippen MR) is 89.8 cm³/mol. The van der Waals surface area contributed by atoms with E-state index >= 15 is 0 Å². The van der Waals surface area contributed by atoms with Gasteiger partial charge in [0.1, 0.15) is 0 Å². The second kappa shape index (κ2) is 7.12. The Bertz CT molecular complexity index is 795. The molecule has 0 spiro atoms. The van der Waals surface area contributed by atoms with Crippen LogP contribution in [0.5, 0.6) is 0 Å². The topological polar surface area (TPSA) is 77.0 Å². The van der Waals surface area contributed by atoms with E-state index in [2.05, 4.69) is 10.5 Å². The van der Waals surface area contributed by atoms with Gasteiger partial charge in [0.15, 0.2) is 0 Å². The van der Waals surface area contributed by atoms with Crippen molar-refractivity contribution in [2.45, 2.75) is 19.4 Å². The molecule has 1 aliphatic rings. The summed E-state index contributed by atoms with van der Waals surface area (Å²) in [5.41, 5.74) is 1.22. The molecular formula is C18H18N2O4. The average Bonchev–Trinajstić information content (AvgIpc) is 3.08. The molecule has 24 heavy (non-hydrogen) atoms. The molecule has 1 unspecified atom stereocenters. The van der Waals surface area contributed by atoms with Gasteiger partial charge in [0.05, 0.1) is 18.9 Å². The molecule has 0 aromatic heterocycles. The highest BCUT2D eigenvalue weighted by molar-refractivity contribution is 6.08. The zero-order valence-electron chi connectivity index (χ0n) is 13.3. The lowest BCUT2D eigenvalue weighted by atomic mass is 10.0. The highest BCUT2D eigenvalue weighted by Gasteiger charge is 2.29. The SMILES string of the molecule is CCOC(=O)C1CC(CNC(=O)c2cccc3ccccc23)=NO1. The summed E-state index contributed by atoms with van der Waals surface area (Å²) in [7, 11) is 0. The lowest BCUT2D eigenvalue weighted by Gasteiger charge is -2.08. The van der Waals surface area contributed by atoms with Gasteiger partial charge in [-0.3, -0.25) is 4.79 Å². The highest BCUT2D eigenvalue weighted by atomic mass is 16.7. The van der Waals surface area contributed by atoms with Gasteiger partial charge in [-0.2, -0.15) is 0 Å². The maximum Gasteiger partial charge on any atom is 0.350 e. The second-order valence-electron chi connectivity index (χ2n) is 5.42. The maximum atomic E-state index is 12.4. The Hall–Kier alpha value is -2.89. The van der Waals surface area contributed by atoms with Crippen LogP contribution in [0.1, 0.15) is 23.7 Å². The van der Waals surface area contributed by atoms with Gasteiger partial charge >= 0.3 is 5.97 Å². The molecule has 1 aliphatic heterocycles. The first-order valence-corrected chi connectivity index (χ1v) is 7.83. The summed E-state index contributed by atoms with van der Waals surface area (Å²) < 4.78 is 4.89. The molecule has 2 aromatic rings. The Morgan fingerprint density at radius 1 is 1.25 bits per heavy atom. The quantitative estimate of drug-likeness (QED) is 0.855. The first-order chi connectivity index (χ1) is 11.7. The molecule has 0 fully saturated rings. The summed E-state index contributed by atoms with van der Waals surface area (Å²) in [6, 6.07) is 13.3. The van der Waals surface area contributed by atoms with Gasteiger partial charge in [0.25, 0.3) is 5.91 Å². The van der Waals surface area contributed by atoms with Gasteiger partial charge in [-0.15, -0.1) is 0 Å². The Morgan fingerprint density at radius 3 is 2.88 bits per heavy atom. The molecule has 0 saturated heterocycles. The minimum Gasteiger partial charge on any atom is -0.463 e. The van der Waals surface area contributed by atoms with Gasteiger partial charge in [-0.05, 0) is 23.8 Å². The van der Waals surface area contributed by atoms with Crippen molar-refractivity contribution in [2.24, 2.45) is 5.16 Å². The Labute approximate surface area is 139 Å². The molecule has 0 bridgehead atoms. The van der Waals surface area contributed by atoms with E-state index < -0.39 is 12.1 Å². The number of ether oxygens (including phenoxy) is 1. The number of hydrogen-bond acceptors (Lipinski definition) is 5. The molecule has 2 aromatic carbocycles. The summed E-state index contributed by atoms with van der Waals surface area (Å²) in [4.78, 5) is 29.1. The Morgan fingerprint density at radius 2 is 2.04 bits per heavy atom. The zero-order valence-corrected chi connectivity index (χ0v) is 13.3. The van der Waals surface area contributed by atoms with Gasteiger partial charge in [0.2, 0.25) is 6.10 Å². The molecule has 1 atom stereocenters. The van der Waals surface area contributed by atoms with Crippen molar-refractivity contribution < 1.29 is 19.2 Å². The van der Waals surface area contributed by atoms with Gasteiger partial charge < -0.3 is 14.9 Å². The van der Waals surface area contributed by atoms with Crippen LogP contribution < -0.4 is 5.32 Å². The molecule has 1 amide bonds. The standard InChI is InChI=1S/C18H18N2O4/c1-2-23-18(22)16-10-13(20-24-16)11-19-17(21)15-9-5-7-12-6-3-4-8-14(12)15/h3-9,16H,2,10-11H2,1H3,(H,19,21). The fourth-order valence-corrected chi connectivity index (χ4v) is 2.59. The molecule has 124 valence electrons. The van der Waals surface area contributed by atoms with Crippen molar-refractivity contribution >= 4 is 28.4 Å². The number of amides is 1. The van der Waals surface area contributed by atoms with E-state index in [0.717, 1.165) is 10.8 Å². The van der Waals surface area contributed by atoms with Gasteiger partial charge in [-0.1, -0.05) is 41.6 Å². The molecule has 1 heterocycles. The molecule has 6 nitrogen and oxygen atoms in total. The monoisotopic (exact) mass is 326 g/mol. The normalized spacial score (nSPS) is 16.4. The van der Waals surface area contributed by atoms with Gasteiger partial charge in [-0.25, -0.2) is 4.79 Å². The van der Waals surface area contributed by atoms with Crippen molar-refractivity contribution in [3.63, 3.8) is 0 Å². The van der Waals surface area contributed by atoms with Crippen LogP contribution in [-0.2, 0) is 14.4 Å². The lowest BCUT2D eigenvalue weighted by molar-refractivity contribution is -0.154. The van der Waals surface area contributed by atoms with Crippen LogP contribution in [0.15, 0.2) is 47.6 Å². The summed E-state index contributed by atoms with van der Waals surface area (Å²) in [6.07, 6.45) is -0.385. The number of nitrogens with zero attached hydrogens (tertiary/aromatic N) is 1. The van der Waals surface area contributed by atoms with Crippen molar-refractivity contribution in [1.82, 2.24) is 5.32 Å². The molecule has 0 saturated carbocycles. The number of hydrogen-bond donors (Lipinski definition) is 1. The van der Waals surface area contributed by atoms with Crippen molar-refractivity contribution in [2.75, 3.05) is 13.2 Å². The number of nitrogens with one attached hydrogen (secondary N) is 1. The molecule has 0 aliphatic carbocycles. The van der Waals surface area contributed by atoms with Crippen LogP contribution in [0.2, 0.25) is 0 Å². The smallest absolute Gasteiger partial charge is 0.350 e. The second-order valence-corrected chi connectivity index (χ2v) is 5.42. The van der Waals surface area contributed by atoms with E-state index in [9.17, 15) is 9.59 Å². The van der Waals surface area contributed by atoms with E-state index in [0.29, 0.717) is 24.3 Å². The van der Waals surface area contributed by atoms with Crippen LogP contribution in [0, 0.1) is 0 Å². The number of benzene rings is 2. The van der Waals surface area contributed by atoms with Crippen LogP contribution in [0.3, 0.4) is 0 Å². The number of carbonyl (C=O) groups excluding carboxylic acids is 2. The molecular weight excluding hydrogens is 308 g/mol. The number of esters is 1. The minimum absolute atomic E-state index is 0.186. The average molecular weight is 326 g/mol. The van der Waals surface area contributed by atoms with Crippen molar-refractivity contribution in [1.29, 1.82) is 0 Å². The summed E-state index contributed by atoms with van der Waals surface area (Å²) in [5.74, 6) is -0.620. The number of fused-ring (bicyclic) bond motifs is 1. The van der Waals surface area contributed by atoms with Crippen molar-refractivity contribution in [3.05, 3.63) is 48.0 Å². The zero-order chi connectivity index (χ0) is 16.9. The Balaban J connectivity index is 1.61. The molecule has 1 N–H and O–H groups in total. The highest BCUT2D eigenvalue weighted by Crippen LogP contribution is 2.18. The predicted octanol–water partition coefficient (Wildman–Crippen LogP) is 2.28. The van der Waals surface area contributed by atoms with Gasteiger partial charge in [0, 0.05) is 12.0 Å². The summed E-state index contributed by atoms with van der Waals surface area (Å²) >= 11 is 0. The summed E-state index contributed by atoms with van der Waals surface area (Å²) in [6.45, 7) is 2.27. The summed E-state index contributed by atoms with van der Waals surface area (Å²) in [5, 5.41) is 8.58. The third kappa shape index (κ3) is 3.37.